The lowest BCUT2D eigenvalue weighted by Crippen LogP contribution is -2.19. The van der Waals surface area contributed by atoms with Crippen LogP contribution >= 0.6 is 0 Å². The van der Waals surface area contributed by atoms with Crippen molar-refractivity contribution in [2.45, 2.75) is 33.2 Å². The van der Waals surface area contributed by atoms with E-state index < -0.39 is 0 Å². The summed E-state index contributed by atoms with van der Waals surface area (Å²) in [4.78, 5) is 0. The normalized spacial score (nSPS) is 12.4. The van der Waals surface area contributed by atoms with Crippen LogP contribution in [0.5, 0.6) is 0 Å². The molecule has 0 aliphatic heterocycles. The minimum absolute atomic E-state index is 0.423. The van der Waals surface area contributed by atoms with Crippen molar-refractivity contribution >= 4 is 0 Å². The summed E-state index contributed by atoms with van der Waals surface area (Å²) in [6.07, 6.45) is 1.17. The summed E-state index contributed by atoms with van der Waals surface area (Å²) in [5.74, 6) is 0. The second-order valence-electron chi connectivity index (χ2n) is 5.16. The Morgan fingerprint density at radius 2 is 1.42 bits per heavy atom. The summed E-state index contributed by atoms with van der Waals surface area (Å²) < 4.78 is 0. The predicted octanol–water partition coefficient (Wildman–Crippen LogP) is 4.72. The molecule has 0 saturated heterocycles. The van der Waals surface area contributed by atoms with Crippen molar-refractivity contribution in [2.75, 3.05) is 6.54 Å². The van der Waals surface area contributed by atoms with Gasteiger partial charge in [0.1, 0.15) is 0 Å². The van der Waals surface area contributed by atoms with Gasteiger partial charge in [0, 0.05) is 6.04 Å². The van der Waals surface area contributed by atoms with Gasteiger partial charge in [-0.15, -0.1) is 0 Å². The zero-order chi connectivity index (χ0) is 13.7. The Balaban J connectivity index is 2.11. The van der Waals surface area contributed by atoms with E-state index in [1.165, 1.54) is 28.7 Å². The quantitative estimate of drug-likeness (QED) is 0.812. The first-order valence-corrected chi connectivity index (χ1v) is 7.11. The van der Waals surface area contributed by atoms with Gasteiger partial charge >= 0.3 is 0 Å². The molecule has 2 rings (SSSR count). The van der Waals surface area contributed by atoms with Crippen LogP contribution in [0, 0.1) is 6.92 Å². The van der Waals surface area contributed by atoms with Crippen molar-refractivity contribution in [1.82, 2.24) is 5.32 Å². The second-order valence-corrected chi connectivity index (χ2v) is 5.16. The summed E-state index contributed by atoms with van der Waals surface area (Å²) in [5.41, 5.74) is 5.22. The fraction of sp³-hybridized carbons (Fsp3) is 0.333. The fourth-order valence-corrected chi connectivity index (χ4v) is 2.19. The zero-order valence-corrected chi connectivity index (χ0v) is 12.1. The lowest BCUT2D eigenvalue weighted by atomic mass is 10.0. The minimum atomic E-state index is 0.423. The van der Waals surface area contributed by atoms with Crippen LogP contribution < -0.4 is 5.32 Å². The highest BCUT2D eigenvalue weighted by atomic mass is 14.9. The molecular weight excluding hydrogens is 230 g/mol. The summed E-state index contributed by atoms with van der Waals surface area (Å²) in [7, 11) is 0. The van der Waals surface area contributed by atoms with Gasteiger partial charge in [-0.2, -0.15) is 0 Å². The lowest BCUT2D eigenvalue weighted by Gasteiger charge is -2.14. The maximum absolute atomic E-state index is 3.52. The topological polar surface area (TPSA) is 12.0 Å². The predicted molar refractivity (Wildman–Crippen MR) is 83.3 cm³/mol. The molecule has 0 amide bonds. The summed E-state index contributed by atoms with van der Waals surface area (Å²) in [5, 5.41) is 3.52. The van der Waals surface area contributed by atoms with E-state index in [2.05, 4.69) is 74.6 Å². The Labute approximate surface area is 116 Å². The standard InChI is InChI=1S/C18H23N/c1-4-13-19-15(3)16-9-11-18(12-10-16)17-7-5-14(2)6-8-17/h5-12,15,19H,4,13H2,1-3H3. The van der Waals surface area contributed by atoms with Crippen LogP contribution in [0.3, 0.4) is 0 Å². The molecule has 1 atom stereocenters. The van der Waals surface area contributed by atoms with Gasteiger partial charge in [-0.25, -0.2) is 0 Å². The SMILES string of the molecule is CCCNC(C)c1ccc(-c2ccc(C)cc2)cc1. The molecule has 2 aromatic rings. The van der Waals surface area contributed by atoms with Crippen molar-refractivity contribution in [3.63, 3.8) is 0 Å². The van der Waals surface area contributed by atoms with Crippen LogP contribution in [0.15, 0.2) is 48.5 Å². The third kappa shape index (κ3) is 3.68. The van der Waals surface area contributed by atoms with Crippen molar-refractivity contribution in [3.05, 3.63) is 59.7 Å². The molecule has 0 aromatic heterocycles. The third-order valence-corrected chi connectivity index (χ3v) is 3.50. The van der Waals surface area contributed by atoms with Gasteiger partial charge in [-0.05, 0) is 43.5 Å². The molecule has 0 radical (unpaired) electrons. The molecule has 0 spiro atoms. The number of aryl methyl sites for hydroxylation is 1. The van der Waals surface area contributed by atoms with Crippen molar-refractivity contribution in [2.24, 2.45) is 0 Å². The van der Waals surface area contributed by atoms with Crippen LogP contribution in [0.25, 0.3) is 11.1 Å². The Kier molecular flexibility index (Phi) is 4.75. The smallest absolute Gasteiger partial charge is 0.0291 e. The maximum Gasteiger partial charge on any atom is 0.0291 e. The van der Waals surface area contributed by atoms with Gasteiger partial charge < -0.3 is 5.32 Å². The van der Waals surface area contributed by atoms with Crippen LogP contribution in [0.4, 0.5) is 0 Å². The van der Waals surface area contributed by atoms with E-state index in [1.54, 1.807) is 0 Å². The average Bonchev–Trinajstić information content (AvgIpc) is 2.46. The van der Waals surface area contributed by atoms with Gasteiger partial charge in [-0.1, -0.05) is 61.0 Å². The first kappa shape index (κ1) is 13.8. The molecule has 0 fully saturated rings. The zero-order valence-electron chi connectivity index (χ0n) is 12.1. The van der Waals surface area contributed by atoms with E-state index in [-0.39, 0.29) is 0 Å². The van der Waals surface area contributed by atoms with Gasteiger partial charge in [0.15, 0.2) is 0 Å². The van der Waals surface area contributed by atoms with Crippen LogP contribution in [-0.4, -0.2) is 6.54 Å². The number of benzene rings is 2. The van der Waals surface area contributed by atoms with Crippen molar-refractivity contribution in [1.29, 1.82) is 0 Å². The molecule has 19 heavy (non-hydrogen) atoms. The fourth-order valence-electron chi connectivity index (χ4n) is 2.19. The number of hydrogen-bond acceptors (Lipinski definition) is 1. The first-order chi connectivity index (χ1) is 9.20. The number of rotatable bonds is 5. The highest BCUT2D eigenvalue weighted by Gasteiger charge is 2.04. The van der Waals surface area contributed by atoms with E-state index in [9.17, 15) is 0 Å². The molecule has 0 aliphatic carbocycles. The average molecular weight is 253 g/mol. The van der Waals surface area contributed by atoms with Crippen molar-refractivity contribution < 1.29 is 0 Å². The van der Waals surface area contributed by atoms with Crippen LogP contribution in [-0.2, 0) is 0 Å². The third-order valence-electron chi connectivity index (χ3n) is 3.50. The molecule has 2 aromatic carbocycles. The van der Waals surface area contributed by atoms with E-state index in [0.717, 1.165) is 6.54 Å². The van der Waals surface area contributed by atoms with E-state index in [0.29, 0.717) is 6.04 Å². The Hall–Kier alpha value is -1.60. The number of hydrogen-bond donors (Lipinski definition) is 1. The molecule has 1 heteroatoms. The first-order valence-electron chi connectivity index (χ1n) is 7.11. The summed E-state index contributed by atoms with van der Waals surface area (Å²) >= 11 is 0. The maximum atomic E-state index is 3.52. The molecular formula is C18H23N. The largest absolute Gasteiger partial charge is 0.310 e. The van der Waals surface area contributed by atoms with Gasteiger partial charge in [-0.3, -0.25) is 0 Å². The van der Waals surface area contributed by atoms with E-state index in [1.807, 2.05) is 0 Å². The molecule has 0 heterocycles. The lowest BCUT2D eigenvalue weighted by molar-refractivity contribution is 0.571. The Bertz CT molecular complexity index is 496. The van der Waals surface area contributed by atoms with Gasteiger partial charge in [0.2, 0.25) is 0 Å². The molecule has 100 valence electrons. The van der Waals surface area contributed by atoms with Crippen LogP contribution in [0.2, 0.25) is 0 Å². The van der Waals surface area contributed by atoms with E-state index in [4.69, 9.17) is 0 Å². The molecule has 0 bridgehead atoms. The minimum Gasteiger partial charge on any atom is -0.310 e. The highest BCUT2D eigenvalue weighted by Crippen LogP contribution is 2.22. The summed E-state index contributed by atoms with van der Waals surface area (Å²) in [6, 6.07) is 18.0. The van der Waals surface area contributed by atoms with Gasteiger partial charge in [0.05, 0.1) is 0 Å². The summed E-state index contributed by atoms with van der Waals surface area (Å²) in [6.45, 7) is 7.60. The van der Waals surface area contributed by atoms with Crippen LogP contribution in [0.1, 0.15) is 37.4 Å². The number of nitrogens with one attached hydrogen (secondary N) is 1. The molecule has 0 aliphatic rings. The van der Waals surface area contributed by atoms with Gasteiger partial charge in [0.25, 0.3) is 0 Å². The molecule has 1 unspecified atom stereocenters. The molecule has 1 nitrogen and oxygen atoms in total. The Morgan fingerprint density at radius 3 is 1.95 bits per heavy atom. The van der Waals surface area contributed by atoms with Crippen molar-refractivity contribution in [3.8, 4) is 11.1 Å². The second kappa shape index (κ2) is 6.53. The Morgan fingerprint density at radius 1 is 0.895 bits per heavy atom. The molecule has 1 N–H and O–H groups in total. The highest BCUT2D eigenvalue weighted by molar-refractivity contribution is 5.64. The van der Waals surface area contributed by atoms with E-state index >= 15 is 0 Å². The molecule has 0 saturated carbocycles. The monoisotopic (exact) mass is 253 g/mol.